The van der Waals surface area contributed by atoms with Crippen LogP contribution in [-0.2, 0) is 0 Å². The summed E-state index contributed by atoms with van der Waals surface area (Å²) in [6.07, 6.45) is 0. The van der Waals surface area contributed by atoms with Gasteiger partial charge in [-0.1, -0.05) is 38.1 Å². The minimum absolute atomic E-state index is 0.418. The van der Waals surface area contributed by atoms with Crippen molar-refractivity contribution in [2.24, 2.45) is 0 Å². The molecule has 0 heterocycles. The van der Waals surface area contributed by atoms with Crippen LogP contribution in [0.3, 0.4) is 0 Å². The summed E-state index contributed by atoms with van der Waals surface area (Å²) in [5, 5.41) is 0. The fourth-order valence-corrected chi connectivity index (χ4v) is 2.07. The van der Waals surface area contributed by atoms with Gasteiger partial charge >= 0.3 is 0 Å². The van der Waals surface area contributed by atoms with Crippen molar-refractivity contribution in [2.45, 2.75) is 33.6 Å². The first-order valence-electron chi connectivity index (χ1n) is 6.62. The summed E-state index contributed by atoms with van der Waals surface area (Å²) < 4.78 is 6.04. The molecule has 2 aromatic carbocycles. The lowest BCUT2D eigenvalue weighted by Gasteiger charge is -2.16. The Morgan fingerprint density at radius 2 is 1.74 bits per heavy atom. The van der Waals surface area contributed by atoms with Crippen LogP contribution < -0.4 is 10.5 Å². The zero-order valence-electron chi connectivity index (χ0n) is 12.0. The summed E-state index contributed by atoms with van der Waals surface area (Å²) in [5.74, 6) is 2.04. The summed E-state index contributed by atoms with van der Waals surface area (Å²) in [6.45, 7) is 8.38. The van der Waals surface area contributed by atoms with E-state index >= 15 is 0 Å². The third-order valence-corrected chi connectivity index (χ3v) is 3.30. The average molecular weight is 255 g/mol. The van der Waals surface area contributed by atoms with E-state index in [0.717, 1.165) is 17.1 Å². The van der Waals surface area contributed by atoms with Gasteiger partial charge in [0.1, 0.15) is 5.75 Å². The second-order valence-corrected chi connectivity index (χ2v) is 5.28. The third-order valence-electron chi connectivity index (χ3n) is 3.30. The van der Waals surface area contributed by atoms with Crippen molar-refractivity contribution in [2.75, 3.05) is 5.73 Å². The van der Waals surface area contributed by atoms with E-state index in [9.17, 15) is 0 Å². The van der Waals surface area contributed by atoms with Gasteiger partial charge in [0.15, 0.2) is 5.75 Å². The predicted octanol–water partition coefficient (Wildman–Crippen LogP) is 4.80. The van der Waals surface area contributed by atoms with Crippen LogP contribution in [0.25, 0.3) is 0 Å². The molecule has 0 fully saturated rings. The quantitative estimate of drug-likeness (QED) is 0.799. The number of hydrogen-bond donors (Lipinski definition) is 1. The minimum atomic E-state index is 0.418. The number of para-hydroxylation sites is 1. The van der Waals surface area contributed by atoms with Crippen LogP contribution in [0.5, 0.6) is 11.5 Å². The van der Waals surface area contributed by atoms with Gasteiger partial charge in [0, 0.05) is 0 Å². The summed E-state index contributed by atoms with van der Waals surface area (Å²) in [7, 11) is 0. The molecule has 2 rings (SSSR count). The molecule has 0 atom stereocenters. The van der Waals surface area contributed by atoms with Crippen LogP contribution in [0.1, 0.15) is 36.5 Å². The Bertz CT molecular complexity index is 588. The molecule has 0 saturated carbocycles. The van der Waals surface area contributed by atoms with Crippen molar-refractivity contribution >= 4 is 5.69 Å². The van der Waals surface area contributed by atoms with Crippen molar-refractivity contribution < 1.29 is 4.74 Å². The number of rotatable bonds is 3. The predicted molar refractivity (Wildman–Crippen MR) is 80.9 cm³/mol. The van der Waals surface area contributed by atoms with E-state index in [2.05, 4.69) is 39.0 Å². The van der Waals surface area contributed by atoms with E-state index in [0.29, 0.717) is 11.6 Å². The molecule has 2 nitrogen and oxygen atoms in total. The fraction of sp³-hybridized carbons (Fsp3) is 0.294. The smallest absolute Gasteiger partial charge is 0.150 e. The topological polar surface area (TPSA) is 35.2 Å². The number of hydrogen-bond acceptors (Lipinski definition) is 2. The van der Waals surface area contributed by atoms with E-state index in [1.165, 1.54) is 11.1 Å². The molecule has 0 aromatic heterocycles. The lowest BCUT2D eigenvalue weighted by atomic mass is 10.0. The highest BCUT2D eigenvalue weighted by atomic mass is 16.5. The van der Waals surface area contributed by atoms with Gasteiger partial charge < -0.3 is 10.5 Å². The van der Waals surface area contributed by atoms with E-state index in [4.69, 9.17) is 10.5 Å². The lowest BCUT2D eigenvalue weighted by Crippen LogP contribution is -1.98. The van der Waals surface area contributed by atoms with Crippen LogP contribution in [0.2, 0.25) is 0 Å². The van der Waals surface area contributed by atoms with Crippen molar-refractivity contribution in [3.63, 3.8) is 0 Å². The monoisotopic (exact) mass is 255 g/mol. The number of nitrogens with two attached hydrogens (primary N) is 1. The SMILES string of the molecule is Cc1ccc(C(C)C)c(Oc2cccc(C)c2N)c1. The minimum Gasteiger partial charge on any atom is -0.455 e. The molecule has 0 aliphatic rings. The van der Waals surface area contributed by atoms with Gasteiger partial charge in [-0.15, -0.1) is 0 Å². The highest BCUT2D eigenvalue weighted by Gasteiger charge is 2.11. The molecule has 19 heavy (non-hydrogen) atoms. The number of anilines is 1. The number of ether oxygens (including phenoxy) is 1. The van der Waals surface area contributed by atoms with Crippen LogP contribution in [-0.4, -0.2) is 0 Å². The molecule has 0 aliphatic carbocycles. The molecule has 0 unspecified atom stereocenters. The molecular formula is C17H21NO. The largest absolute Gasteiger partial charge is 0.455 e. The summed E-state index contributed by atoms with van der Waals surface area (Å²) >= 11 is 0. The van der Waals surface area contributed by atoms with Gasteiger partial charge in [-0.2, -0.15) is 0 Å². The molecule has 0 aliphatic heterocycles. The van der Waals surface area contributed by atoms with Crippen molar-refractivity contribution in [3.05, 3.63) is 53.1 Å². The molecule has 0 bridgehead atoms. The van der Waals surface area contributed by atoms with E-state index < -0.39 is 0 Å². The first kappa shape index (κ1) is 13.5. The number of nitrogen functional groups attached to an aromatic ring is 1. The normalized spacial score (nSPS) is 10.8. The van der Waals surface area contributed by atoms with Crippen LogP contribution in [0, 0.1) is 13.8 Å². The first-order valence-corrected chi connectivity index (χ1v) is 6.62. The average Bonchev–Trinajstić information content (AvgIpc) is 2.35. The molecule has 0 radical (unpaired) electrons. The van der Waals surface area contributed by atoms with Gasteiger partial charge in [-0.25, -0.2) is 0 Å². The molecule has 2 aromatic rings. The Morgan fingerprint density at radius 3 is 2.42 bits per heavy atom. The Hall–Kier alpha value is -1.96. The van der Waals surface area contributed by atoms with E-state index in [1.807, 2.05) is 25.1 Å². The van der Waals surface area contributed by atoms with E-state index in [-0.39, 0.29) is 0 Å². The Kier molecular flexibility index (Phi) is 3.79. The molecule has 2 heteroatoms. The zero-order chi connectivity index (χ0) is 14.0. The molecule has 0 saturated heterocycles. The molecular weight excluding hydrogens is 234 g/mol. The van der Waals surface area contributed by atoms with Gasteiger partial charge in [0.05, 0.1) is 5.69 Å². The van der Waals surface area contributed by atoms with Gasteiger partial charge in [-0.05, 0) is 48.6 Å². The number of aryl methyl sites for hydroxylation is 2. The first-order chi connectivity index (χ1) is 8.99. The second kappa shape index (κ2) is 5.35. The zero-order valence-corrected chi connectivity index (χ0v) is 12.0. The Morgan fingerprint density at radius 1 is 1.00 bits per heavy atom. The maximum atomic E-state index is 6.07. The summed E-state index contributed by atoms with van der Waals surface area (Å²) in [5.41, 5.74) is 10.2. The highest BCUT2D eigenvalue weighted by molar-refractivity contribution is 5.59. The Labute approximate surface area is 115 Å². The Balaban J connectivity index is 2.42. The van der Waals surface area contributed by atoms with Gasteiger partial charge in [-0.3, -0.25) is 0 Å². The fourth-order valence-electron chi connectivity index (χ4n) is 2.07. The molecule has 0 amide bonds. The van der Waals surface area contributed by atoms with Crippen LogP contribution in [0.15, 0.2) is 36.4 Å². The van der Waals surface area contributed by atoms with Crippen molar-refractivity contribution in [1.82, 2.24) is 0 Å². The number of benzene rings is 2. The second-order valence-electron chi connectivity index (χ2n) is 5.28. The third kappa shape index (κ3) is 2.90. The maximum absolute atomic E-state index is 6.07. The van der Waals surface area contributed by atoms with Crippen molar-refractivity contribution in [3.8, 4) is 11.5 Å². The van der Waals surface area contributed by atoms with Crippen molar-refractivity contribution in [1.29, 1.82) is 0 Å². The maximum Gasteiger partial charge on any atom is 0.150 e. The molecule has 2 N–H and O–H groups in total. The van der Waals surface area contributed by atoms with Gasteiger partial charge in [0.25, 0.3) is 0 Å². The molecule has 0 spiro atoms. The summed E-state index contributed by atoms with van der Waals surface area (Å²) in [4.78, 5) is 0. The standard InChI is InChI=1S/C17H21NO/c1-11(2)14-9-8-12(3)10-16(14)19-15-7-5-6-13(4)17(15)18/h5-11H,18H2,1-4H3. The molecule has 100 valence electrons. The lowest BCUT2D eigenvalue weighted by molar-refractivity contribution is 0.474. The van der Waals surface area contributed by atoms with Gasteiger partial charge in [0.2, 0.25) is 0 Å². The highest BCUT2D eigenvalue weighted by Crippen LogP contribution is 2.34. The summed E-state index contributed by atoms with van der Waals surface area (Å²) in [6, 6.07) is 12.2. The van der Waals surface area contributed by atoms with E-state index in [1.54, 1.807) is 0 Å². The van der Waals surface area contributed by atoms with Crippen LogP contribution in [0.4, 0.5) is 5.69 Å². The van der Waals surface area contributed by atoms with Crippen LogP contribution >= 0.6 is 0 Å².